The summed E-state index contributed by atoms with van der Waals surface area (Å²) in [4.78, 5) is 30.1. The number of hydrogen-bond donors (Lipinski definition) is 1. The molecule has 4 aromatic rings. The third-order valence-corrected chi connectivity index (χ3v) is 10.6. The number of amides is 2. The second kappa shape index (κ2) is 15.8. The molecule has 0 unspecified atom stereocenters. The maximum absolute atomic E-state index is 14.7. The third kappa shape index (κ3) is 8.42. The zero-order chi connectivity index (χ0) is 34.3. The van der Waals surface area contributed by atoms with Crippen LogP contribution in [0.15, 0.2) is 102 Å². The Bertz CT molecular complexity index is 1840. The number of fused-ring (bicyclic) bond motifs is 1. The van der Waals surface area contributed by atoms with Gasteiger partial charge in [0, 0.05) is 25.1 Å². The average Bonchev–Trinajstić information content (AvgIpc) is 3.10. The van der Waals surface area contributed by atoms with Crippen LogP contribution in [-0.4, -0.2) is 57.0 Å². The zero-order valence-corrected chi connectivity index (χ0v) is 29.0. The molecule has 48 heavy (non-hydrogen) atoms. The summed E-state index contributed by atoms with van der Waals surface area (Å²) < 4.78 is 40.9. The highest BCUT2D eigenvalue weighted by molar-refractivity contribution is 7.92. The van der Waals surface area contributed by atoms with E-state index in [9.17, 15) is 18.0 Å². The van der Waals surface area contributed by atoms with Crippen LogP contribution in [-0.2, 0) is 32.6 Å². The van der Waals surface area contributed by atoms with E-state index in [1.165, 1.54) is 17.0 Å². The summed E-state index contributed by atoms with van der Waals surface area (Å²) in [6.45, 7) is 3.85. The fourth-order valence-corrected chi connectivity index (χ4v) is 7.01. The van der Waals surface area contributed by atoms with E-state index >= 15 is 0 Å². The Morgan fingerprint density at radius 1 is 0.833 bits per heavy atom. The Morgan fingerprint density at radius 3 is 2.17 bits per heavy atom. The summed E-state index contributed by atoms with van der Waals surface area (Å²) in [7, 11) is -4.27. The molecule has 1 N–H and O–H groups in total. The number of carbonyl (C=O) groups is 2. The van der Waals surface area contributed by atoms with Crippen molar-refractivity contribution in [3.8, 4) is 11.5 Å². The quantitative estimate of drug-likeness (QED) is 0.170. The Balaban J connectivity index is 1.60. The molecular weight excluding hydrogens is 673 g/mol. The number of sulfonamides is 1. The summed E-state index contributed by atoms with van der Waals surface area (Å²) in [6, 6.07) is 25.8. The molecule has 0 radical (unpaired) electrons. The standard InChI is InChI=1S/C36H37Cl2N3O6S/c1-3-25(2)39-36(43)32(21-26-10-6-4-7-11-26)40(23-27-14-16-30(37)31(38)20-27)35(42)24-41(48(44,45)29-12-8-5-9-13-29)28-15-17-33-34(22-28)47-19-18-46-33/h4-17,20,22,25,32H,3,18-19,21,23-24H2,1-2H3,(H,39,43)/t25-,32-/m0/s1. The molecule has 9 nitrogen and oxygen atoms in total. The van der Waals surface area contributed by atoms with Gasteiger partial charge in [-0.25, -0.2) is 8.42 Å². The molecule has 0 aromatic heterocycles. The van der Waals surface area contributed by atoms with Crippen molar-refractivity contribution >= 4 is 50.7 Å². The van der Waals surface area contributed by atoms with Crippen LogP contribution in [0.25, 0.3) is 0 Å². The highest BCUT2D eigenvalue weighted by Gasteiger charge is 2.35. The number of anilines is 1. The summed E-state index contributed by atoms with van der Waals surface area (Å²) in [5.41, 5.74) is 1.65. The zero-order valence-electron chi connectivity index (χ0n) is 26.6. The molecule has 12 heteroatoms. The summed E-state index contributed by atoms with van der Waals surface area (Å²) in [5, 5.41) is 3.65. The van der Waals surface area contributed by atoms with Crippen LogP contribution in [0.3, 0.4) is 0 Å². The van der Waals surface area contributed by atoms with Crippen molar-refractivity contribution in [3.05, 3.63) is 118 Å². The van der Waals surface area contributed by atoms with Gasteiger partial charge in [-0.2, -0.15) is 0 Å². The first-order valence-corrected chi connectivity index (χ1v) is 17.8. The number of nitrogens with one attached hydrogen (secondary N) is 1. The normalized spacial score (nSPS) is 13.7. The van der Waals surface area contributed by atoms with Crippen LogP contribution in [0, 0.1) is 0 Å². The molecule has 1 heterocycles. The smallest absolute Gasteiger partial charge is 0.264 e. The second-order valence-corrected chi connectivity index (χ2v) is 14.1. The topological polar surface area (TPSA) is 105 Å². The van der Waals surface area contributed by atoms with Crippen molar-refractivity contribution in [2.75, 3.05) is 24.1 Å². The number of hydrogen-bond acceptors (Lipinski definition) is 6. The Hall–Kier alpha value is -4.25. The Morgan fingerprint density at radius 2 is 1.50 bits per heavy atom. The minimum Gasteiger partial charge on any atom is -0.486 e. The van der Waals surface area contributed by atoms with Crippen molar-refractivity contribution in [1.82, 2.24) is 10.2 Å². The maximum Gasteiger partial charge on any atom is 0.264 e. The monoisotopic (exact) mass is 709 g/mol. The van der Waals surface area contributed by atoms with E-state index < -0.39 is 28.5 Å². The molecule has 5 rings (SSSR count). The number of benzene rings is 4. The number of ether oxygens (including phenoxy) is 2. The predicted molar refractivity (Wildman–Crippen MR) is 187 cm³/mol. The lowest BCUT2D eigenvalue weighted by Gasteiger charge is -2.34. The van der Waals surface area contributed by atoms with E-state index in [1.54, 1.807) is 54.6 Å². The van der Waals surface area contributed by atoms with Gasteiger partial charge in [0.2, 0.25) is 11.8 Å². The van der Waals surface area contributed by atoms with Gasteiger partial charge in [0.15, 0.2) is 11.5 Å². The summed E-state index contributed by atoms with van der Waals surface area (Å²) in [5.74, 6) is -0.129. The molecule has 1 aliphatic rings. The number of rotatable bonds is 13. The molecule has 2 amide bonds. The van der Waals surface area contributed by atoms with E-state index in [0.29, 0.717) is 41.7 Å². The molecule has 4 aromatic carbocycles. The van der Waals surface area contributed by atoms with Gasteiger partial charge >= 0.3 is 0 Å². The maximum atomic E-state index is 14.7. The molecule has 252 valence electrons. The van der Waals surface area contributed by atoms with Gasteiger partial charge in [0.1, 0.15) is 25.8 Å². The van der Waals surface area contributed by atoms with Gasteiger partial charge in [0.05, 0.1) is 20.6 Å². The number of halogens is 2. The minimum absolute atomic E-state index is 0.000860. The second-order valence-electron chi connectivity index (χ2n) is 11.4. The fraction of sp³-hybridized carbons (Fsp3) is 0.278. The van der Waals surface area contributed by atoms with E-state index in [0.717, 1.165) is 9.87 Å². The minimum atomic E-state index is -4.27. The van der Waals surface area contributed by atoms with Crippen molar-refractivity contribution in [2.24, 2.45) is 0 Å². The molecular formula is C36H37Cl2N3O6S. The Kier molecular flexibility index (Phi) is 11.5. The molecule has 0 fully saturated rings. The summed E-state index contributed by atoms with van der Waals surface area (Å²) >= 11 is 12.6. The van der Waals surface area contributed by atoms with Crippen molar-refractivity contribution in [3.63, 3.8) is 0 Å². The van der Waals surface area contributed by atoms with E-state index in [-0.39, 0.29) is 40.5 Å². The third-order valence-electron chi connectivity index (χ3n) is 8.03. The van der Waals surface area contributed by atoms with Gasteiger partial charge in [-0.05, 0) is 60.9 Å². The fourth-order valence-electron chi connectivity index (χ4n) is 5.27. The van der Waals surface area contributed by atoms with Crippen LogP contribution in [0.4, 0.5) is 5.69 Å². The van der Waals surface area contributed by atoms with Crippen LogP contribution in [0.1, 0.15) is 31.4 Å². The molecule has 1 aliphatic heterocycles. The van der Waals surface area contributed by atoms with E-state index in [4.69, 9.17) is 32.7 Å². The first kappa shape index (κ1) is 35.1. The van der Waals surface area contributed by atoms with Crippen molar-refractivity contribution in [1.29, 1.82) is 0 Å². The lowest BCUT2D eigenvalue weighted by Crippen LogP contribution is -2.54. The van der Waals surface area contributed by atoms with Crippen LogP contribution >= 0.6 is 23.2 Å². The van der Waals surface area contributed by atoms with Gasteiger partial charge in [-0.3, -0.25) is 13.9 Å². The SMILES string of the molecule is CC[C@H](C)NC(=O)[C@H](Cc1ccccc1)N(Cc1ccc(Cl)c(Cl)c1)C(=O)CN(c1ccc2c(c1)OCCO2)S(=O)(=O)c1ccccc1. The highest BCUT2D eigenvalue weighted by atomic mass is 35.5. The van der Waals surface area contributed by atoms with Crippen LogP contribution < -0.4 is 19.1 Å². The van der Waals surface area contributed by atoms with Gasteiger partial charge < -0.3 is 19.7 Å². The lowest BCUT2D eigenvalue weighted by atomic mass is 10.0. The predicted octanol–water partition coefficient (Wildman–Crippen LogP) is 6.51. The molecule has 0 saturated heterocycles. The molecule has 0 aliphatic carbocycles. The molecule has 0 bridgehead atoms. The molecule has 0 saturated carbocycles. The molecule has 0 spiro atoms. The van der Waals surface area contributed by atoms with Crippen molar-refractivity contribution < 1.29 is 27.5 Å². The largest absolute Gasteiger partial charge is 0.486 e. The first-order valence-electron chi connectivity index (χ1n) is 15.6. The van der Waals surface area contributed by atoms with Crippen LogP contribution in [0.5, 0.6) is 11.5 Å². The number of nitrogens with zero attached hydrogens (tertiary/aromatic N) is 2. The van der Waals surface area contributed by atoms with Gasteiger partial charge in [0.25, 0.3) is 10.0 Å². The lowest BCUT2D eigenvalue weighted by molar-refractivity contribution is -0.140. The Labute approximate surface area is 291 Å². The van der Waals surface area contributed by atoms with Crippen LogP contribution in [0.2, 0.25) is 10.0 Å². The molecule has 2 atom stereocenters. The van der Waals surface area contributed by atoms with E-state index in [1.807, 2.05) is 44.2 Å². The van der Waals surface area contributed by atoms with Gasteiger partial charge in [-0.1, -0.05) is 84.7 Å². The first-order chi connectivity index (χ1) is 23.1. The van der Waals surface area contributed by atoms with Crippen molar-refractivity contribution in [2.45, 2.75) is 50.2 Å². The average molecular weight is 711 g/mol. The van der Waals surface area contributed by atoms with Gasteiger partial charge in [-0.15, -0.1) is 0 Å². The van der Waals surface area contributed by atoms with E-state index in [2.05, 4.69) is 5.32 Å². The summed E-state index contributed by atoms with van der Waals surface area (Å²) in [6.07, 6.45) is 0.864. The highest BCUT2D eigenvalue weighted by Crippen LogP contribution is 2.36. The number of carbonyl (C=O) groups excluding carboxylic acids is 2.